The van der Waals surface area contributed by atoms with Gasteiger partial charge in [0.05, 0.1) is 27.7 Å². The van der Waals surface area contributed by atoms with Crippen LogP contribution in [0.15, 0.2) is 35.9 Å². The van der Waals surface area contributed by atoms with Gasteiger partial charge in [-0.05, 0) is 101 Å². The average Bonchev–Trinajstić information content (AvgIpc) is 2.95. The zero-order chi connectivity index (χ0) is 36.8. The Morgan fingerprint density at radius 3 is 1.62 bits per heavy atom. The maximum Gasteiger partial charge on any atom is 0.311 e. The van der Waals surface area contributed by atoms with Crippen LogP contribution in [0, 0.1) is 33.0 Å². The number of hydrogen-bond donors (Lipinski definition) is 1. The molecule has 0 aliphatic carbocycles. The first-order valence-corrected chi connectivity index (χ1v) is 16.2. The standard InChI is InChI=1S/C37H54N2O9/c1-22(19-23-17-15-14-16-18-23)24(20-38)39-29-28(48-33(43)37(11,12)13)27(47-32(42)36(8,9)10)26(46-31(41)35(5,6)7)25(45-29)21-44-30(40)34(2,3)4/h14-19,24-29,39H,21H2,1-13H3/b22-19+/t24-,25+,26+,27-,28+,29+/m0/s1. The van der Waals surface area contributed by atoms with Gasteiger partial charge in [-0.1, -0.05) is 36.4 Å². The van der Waals surface area contributed by atoms with Crippen LogP contribution in [0.1, 0.15) is 95.6 Å². The van der Waals surface area contributed by atoms with E-state index in [-0.39, 0.29) is 0 Å². The number of benzene rings is 1. The summed E-state index contributed by atoms with van der Waals surface area (Å²) >= 11 is 0. The molecule has 1 saturated heterocycles. The number of carbonyl (C=O) groups is 4. The molecule has 2 rings (SSSR count). The second kappa shape index (κ2) is 15.6. The molecule has 0 amide bonds. The quantitative estimate of drug-likeness (QED) is 0.252. The highest BCUT2D eigenvalue weighted by Gasteiger charge is 2.55. The van der Waals surface area contributed by atoms with Crippen molar-refractivity contribution in [1.82, 2.24) is 5.32 Å². The maximum atomic E-state index is 13.5. The lowest BCUT2D eigenvalue weighted by atomic mass is 9.92. The molecule has 1 aromatic rings. The van der Waals surface area contributed by atoms with E-state index in [0.29, 0.717) is 5.57 Å². The highest BCUT2D eigenvalue weighted by atomic mass is 16.7. The fraction of sp³-hybridized carbons (Fsp3) is 0.649. The van der Waals surface area contributed by atoms with Gasteiger partial charge in [-0.2, -0.15) is 5.26 Å². The van der Waals surface area contributed by atoms with Gasteiger partial charge in [-0.15, -0.1) is 0 Å². The fourth-order valence-corrected chi connectivity index (χ4v) is 4.19. The Morgan fingerprint density at radius 2 is 1.19 bits per heavy atom. The molecule has 1 aliphatic heterocycles. The van der Waals surface area contributed by atoms with Crippen LogP contribution in [0.3, 0.4) is 0 Å². The van der Waals surface area contributed by atoms with E-state index in [9.17, 15) is 24.4 Å². The number of nitrogens with one attached hydrogen (secondary N) is 1. The van der Waals surface area contributed by atoms with E-state index in [1.54, 1.807) is 90.0 Å². The third-order valence-electron chi connectivity index (χ3n) is 7.30. The Hall–Kier alpha value is -3.75. The molecule has 48 heavy (non-hydrogen) atoms. The molecule has 0 spiro atoms. The van der Waals surface area contributed by atoms with Crippen LogP contribution < -0.4 is 5.32 Å². The Labute approximate surface area is 285 Å². The summed E-state index contributed by atoms with van der Waals surface area (Å²) in [5, 5.41) is 13.4. The third-order valence-corrected chi connectivity index (χ3v) is 7.30. The van der Waals surface area contributed by atoms with Gasteiger partial charge in [-0.3, -0.25) is 24.5 Å². The zero-order valence-corrected chi connectivity index (χ0v) is 30.8. The second-order valence-electron chi connectivity index (χ2n) is 16.3. The van der Waals surface area contributed by atoms with Gasteiger partial charge < -0.3 is 23.7 Å². The molecule has 266 valence electrons. The monoisotopic (exact) mass is 670 g/mol. The number of carbonyl (C=O) groups excluding carboxylic acids is 4. The minimum atomic E-state index is -1.42. The van der Waals surface area contributed by atoms with E-state index in [2.05, 4.69) is 11.4 Å². The summed E-state index contributed by atoms with van der Waals surface area (Å²) in [6, 6.07) is 10.7. The molecular weight excluding hydrogens is 616 g/mol. The van der Waals surface area contributed by atoms with Crippen molar-refractivity contribution in [3.05, 3.63) is 41.5 Å². The van der Waals surface area contributed by atoms with Gasteiger partial charge in [-0.25, -0.2) is 0 Å². The lowest BCUT2D eigenvalue weighted by Crippen LogP contribution is -2.67. The van der Waals surface area contributed by atoms with Gasteiger partial charge in [0.1, 0.15) is 18.8 Å². The maximum absolute atomic E-state index is 13.5. The van der Waals surface area contributed by atoms with Crippen LogP contribution in [0.2, 0.25) is 0 Å². The molecule has 0 aromatic heterocycles. The summed E-state index contributed by atoms with van der Waals surface area (Å²) in [4.78, 5) is 53.1. The Bertz CT molecular complexity index is 1370. The van der Waals surface area contributed by atoms with E-state index < -0.39 is 88.8 Å². The number of hydrogen-bond acceptors (Lipinski definition) is 11. The molecule has 11 nitrogen and oxygen atoms in total. The molecule has 1 aliphatic rings. The number of rotatable bonds is 9. The Balaban J connectivity index is 2.75. The molecule has 0 bridgehead atoms. The van der Waals surface area contributed by atoms with Crippen molar-refractivity contribution in [2.45, 2.75) is 127 Å². The summed E-state index contributed by atoms with van der Waals surface area (Å²) in [5.41, 5.74) is -2.36. The molecule has 11 heteroatoms. The van der Waals surface area contributed by atoms with E-state index in [1.807, 2.05) is 36.4 Å². The Kier molecular flexibility index (Phi) is 13.2. The first-order chi connectivity index (χ1) is 21.9. The number of ether oxygens (including phenoxy) is 5. The van der Waals surface area contributed by atoms with Crippen molar-refractivity contribution >= 4 is 30.0 Å². The molecule has 1 fully saturated rings. The molecular formula is C37H54N2O9. The predicted octanol–water partition coefficient (Wildman–Crippen LogP) is 5.76. The van der Waals surface area contributed by atoms with Crippen molar-refractivity contribution in [2.75, 3.05) is 6.61 Å². The van der Waals surface area contributed by atoms with Gasteiger partial charge in [0.15, 0.2) is 24.5 Å². The summed E-state index contributed by atoms with van der Waals surface area (Å²) in [5.74, 6) is -2.51. The average molecular weight is 671 g/mol. The van der Waals surface area contributed by atoms with Crippen molar-refractivity contribution in [3.8, 4) is 6.07 Å². The van der Waals surface area contributed by atoms with Gasteiger partial charge in [0.25, 0.3) is 0 Å². The molecule has 1 N–H and O–H groups in total. The van der Waals surface area contributed by atoms with Gasteiger partial charge in [0, 0.05) is 0 Å². The minimum absolute atomic E-state index is 0.393. The van der Waals surface area contributed by atoms with Crippen LogP contribution in [0.4, 0.5) is 0 Å². The summed E-state index contributed by atoms with van der Waals surface area (Å²) in [6.07, 6.45) is -4.82. The molecule has 0 saturated carbocycles. The van der Waals surface area contributed by atoms with Crippen LogP contribution in [0.5, 0.6) is 0 Å². The fourth-order valence-electron chi connectivity index (χ4n) is 4.19. The SMILES string of the molecule is C/C(=C\c1ccccc1)[C@H](C#N)N[C@@H]1O[C@H](COC(=O)C(C)(C)C)[C@@H](OC(=O)C(C)(C)C)[C@H](OC(=O)C(C)(C)C)[C@H]1OC(=O)C(C)(C)C. The molecule has 0 unspecified atom stereocenters. The summed E-state index contributed by atoms with van der Waals surface area (Å²) in [6.45, 7) is 21.4. The molecule has 6 atom stereocenters. The van der Waals surface area contributed by atoms with Gasteiger partial charge >= 0.3 is 23.9 Å². The second-order valence-corrected chi connectivity index (χ2v) is 16.3. The molecule has 1 heterocycles. The van der Waals surface area contributed by atoms with Gasteiger partial charge in [0.2, 0.25) is 0 Å². The summed E-state index contributed by atoms with van der Waals surface area (Å²) < 4.78 is 30.1. The van der Waals surface area contributed by atoms with Crippen molar-refractivity contribution in [2.24, 2.45) is 21.7 Å². The first-order valence-electron chi connectivity index (χ1n) is 16.2. The zero-order valence-electron chi connectivity index (χ0n) is 30.8. The Morgan fingerprint density at radius 1 is 0.750 bits per heavy atom. The smallest absolute Gasteiger partial charge is 0.311 e. The van der Waals surface area contributed by atoms with Crippen LogP contribution in [-0.4, -0.2) is 67.2 Å². The predicted molar refractivity (Wildman–Crippen MR) is 180 cm³/mol. The number of nitrogens with zero attached hydrogens (tertiary/aromatic N) is 1. The van der Waals surface area contributed by atoms with Crippen LogP contribution >= 0.6 is 0 Å². The van der Waals surface area contributed by atoms with E-state index in [1.165, 1.54) is 0 Å². The largest absolute Gasteiger partial charge is 0.462 e. The lowest BCUT2D eigenvalue weighted by molar-refractivity contribution is -0.265. The number of nitriles is 1. The minimum Gasteiger partial charge on any atom is -0.462 e. The third kappa shape index (κ3) is 11.4. The van der Waals surface area contributed by atoms with Crippen molar-refractivity contribution < 1.29 is 42.9 Å². The summed E-state index contributed by atoms with van der Waals surface area (Å²) in [7, 11) is 0. The van der Waals surface area contributed by atoms with Crippen molar-refractivity contribution in [3.63, 3.8) is 0 Å². The highest BCUT2D eigenvalue weighted by molar-refractivity contribution is 5.78. The van der Waals surface area contributed by atoms with E-state index in [4.69, 9.17) is 23.7 Å². The van der Waals surface area contributed by atoms with Crippen molar-refractivity contribution in [1.29, 1.82) is 5.26 Å². The normalized spacial score (nSPS) is 22.9. The van der Waals surface area contributed by atoms with Crippen LogP contribution in [0.25, 0.3) is 6.08 Å². The van der Waals surface area contributed by atoms with E-state index >= 15 is 0 Å². The topological polar surface area (TPSA) is 150 Å². The lowest BCUT2D eigenvalue weighted by Gasteiger charge is -2.46. The van der Waals surface area contributed by atoms with Crippen LogP contribution in [-0.2, 0) is 42.9 Å². The molecule has 0 radical (unpaired) electrons. The first kappa shape index (κ1) is 40.4. The van der Waals surface area contributed by atoms with E-state index in [0.717, 1.165) is 5.56 Å². The molecule has 1 aromatic carbocycles. The highest BCUT2D eigenvalue weighted by Crippen LogP contribution is 2.34. The number of esters is 4.